The van der Waals surface area contributed by atoms with Gasteiger partial charge in [-0.25, -0.2) is 0 Å². The fourth-order valence-corrected chi connectivity index (χ4v) is 2.29. The third-order valence-electron chi connectivity index (χ3n) is 3.91. The summed E-state index contributed by atoms with van der Waals surface area (Å²) in [6, 6.07) is 15.7. The summed E-state index contributed by atoms with van der Waals surface area (Å²) < 4.78 is 2.38. The maximum absolute atomic E-state index is 10.6. The van der Waals surface area contributed by atoms with E-state index in [4.69, 9.17) is 15.9 Å². The summed E-state index contributed by atoms with van der Waals surface area (Å²) in [4.78, 5) is 18.8. The molecule has 0 atom stereocenters. The number of anilines is 1. The van der Waals surface area contributed by atoms with Crippen LogP contribution in [0, 0.1) is 25.2 Å². The van der Waals surface area contributed by atoms with Crippen molar-refractivity contribution in [2.45, 2.75) is 116 Å². The summed E-state index contributed by atoms with van der Waals surface area (Å²) >= 11 is 9.22. The molecule has 0 amide bonds. The molecule has 4 nitrogen and oxygen atoms in total. The van der Waals surface area contributed by atoms with Crippen molar-refractivity contribution in [3.05, 3.63) is 131 Å². The molecule has 53 heavy (non-hydrogen) atoms. The first-order chi connectivity index (χ1) is 23.8. The van der Waals surface area contributed by atoms with E-state index in [9.17, 15) is 4.79 Å². The minimum absolute atomic E-state index is 0. The van der Waals surface area contributed by atoms with Crippen LogP contribution < -0.4 is 5.73 Å². The van der Waals surface area contributed by atoms with E-state index in [2.05, 4.69) is 153 Å². The smallest absolute Gasteiger partial charge is 0.121 e. The SMILES string of the molecule is C1=CCC=C1.C1=CCC=C1.CC.CC.CC.CC.CC.CC(I)(I)I.C[CH-]I.Cc1ccc(N)cc1.[CH2-]C(=O)Cc1ccc(C)cc1.[N-]=C=O.[V].[Y].[Y]. The van der Waals surface area contributed by atoms with Crippen LogP contribution in [0.15, 0.2) is 97.1 Å². The molecular weight excluding hydrogens is 1300 g/mol. The zero-order valence-corrected chi connectivity index (χ0v) is 50.8. The van der Waals surface area contributed by atoms with Crippen molar-refractivity contribution in [1.29, 1.82) is 0 Å². The van der Waals surface area contributed by atoms with Crippen LogP contribution in [0.3, 0.4) is 0 Å². The van der Waals surface area contributed by atoms with Gasteiger partial charge in [-0.15, -0.1) is 0 Å². The first-order valence-corrected chi connectivity index (χ1v) is 21.6. The van der Waals surface area contributed by atoms with Gasteiger partial charge < -0.3 is 45.5 Å². The van der Waals surface area contributed by atoms with Crippen molar-refractivity contribution in [2.24, 2.45) is 0 Å². The summed E-state index contributed by atoms with van der Waals surface area (Å²) in [7, 11) is 0. The number of hydrogen-bond acceptors (Lipinski definition) is 3. The minimum Gasteiger partial charge on any atom is -0.724 e. The second-order valence-electron chi connectivity index (χ2n) is 7.89. The fraction of sp³-hybridized carbons (Fsp3) is 0.429. The largest absolute Gasteiger partial charge is 0.724 e. The Morgan fingerprint density at radius 3 is 1.09 bits per heavy atom. The van der Waals surface area contributed by atoms with Gasteiger partial charge in [-0.1, -0.05) is 233 Å². The molecule has 0 unspecified atom stereocenters. The monoisotopic (exact) mass is 1370 g/mol. The molecule has 0 heterocycles. The van der Waals surface area contributed by atoms with Gasteiger partial charge in [-0.2, -0.15) is 6.92 Å². The molecule has 2 aromatic rings. The number of alkyl halides is 3. The van der Waals surface area contributed by atoms with Crippen molar-refractivity contribution in [2.75, 3.05) is 5.73 Å². The number of rotatable bonds is 2. The van der Waals surface area contributed by atoms with E-state index in [1.54, 1.807) is 0 Å². The Balaban J connectivity index is -0.0000000424. The molecule has 3 radical (unpaired) electrons. The maximum atomic E-state index is 10.6. The number of ketones is 1. The zero-order chi connectivity index (χ0) is 41.2. The molecule has 0 saturated carbocycles. The number of hydrogen-bond donors (Lipinski definition) is 1. The predicted molar refractivity (Wildman–Crippen MR) is 267 cm³/mol. The van der Waals surface area contributed by atoms with Crippen LogP contribution in [0.2, 0.25) is 0 Å². The van der Waals surface area contributed by atoms with E-state index in [0.717, 1.165) is 24.1 Å². The number of allylic oxidation sites excluding steroid dienone is 8. The number of isocyanates is 1. The fourth-order valence-electron chi connectivity index (χ4n) is 2.29. The van der Waals surface area contributed by atoms with E-state index >= 15 is 0 Å². The Morgan fingerprint density at radius 2 is 0.943 bits per heavy atom. The number of carbonyl (C=O) groups excluding carboxylic acids is 2. The molecule has 2 aliphatic rings. The number of halogens is 4. The van der Waals surface area contributed by atoms with Crippen molar-refractivity contribution in [3.8, 4) is 0 Å². The summed E-state index contributed by atoms with van der Waals surface area (Å²) in [5.41, 5.74) is 9.76. The van der Waals surface area contributed by atoms with Gasteiger partial charge in [0.15, 0.2) is 0 Å². The number of nitrogens with zero attached hydrogens (tertiary/aromatic N) is 1. The molecule has 0 spiro atoms. The van der Waals surface area contributed by atoms with Crippen molar-refractivity contribution >= 4 is 108 Å². The van der Waals surface area contributed by atoms with Crippen LogP contribution in [0.1, 0.15) is 113 Å². The summed E-state index contributed by atoms with van der Waals surface area (Å²) in [5.74, 6) is -0.0335. The number of benzene rings is 2. The van der Waals surface area contributed by atoms with Gasteiger partial charge in [-0.05, 0) is 57.4 Å². The third-order valence-corrected chi connectivity index (χ3v) is 3.91. The van der Waals surface area contributed by atoms with E-state index in [1.165, 1.54) is 11.1 Å². The van der Waals surface area contributed by atoms with Gasteiger partial charge >= 0.3 is 0 Å². The molecule has 301 valence electrons. The summed E-state index contributed by atoms with van der Waals surface area (Å²) in [6.07, 6.45) is 19.9. The van der Waals surface area contributed by atoms with Crippen molar-refractivity contribution in [3.63, 3.8) is 0 Å². The Labute approximate surface area is 446 Å². The van der Waals surface area contributed by atoms with Crippen LogP contribution in [-0.2, 0) is 100.0 Å². The third kappa shape index (κ3) is 113. The van der Waals surface area contributed by atoms with Gasteiger partial charge in [0.25, 0.3) is 0 Å². The van der Waals surface area contributed by atoms with E-state index in [0.29, 0.717) is 11.9 Å². The van der Waals surface area contributed by atoms with Crippen molar-refractivity contribution in [1.82, 2.24) is 0 Å². The molecule has 0 aliphatic heterocycles. The molecule has 0 saturated heterocycles. The predicted octanol–water partition coefficient (Wildman–Crippen LogP) is 16.1. The first kappa shape index (κ1) is 82.7. The number of nitrogen functional groups attached to an aromatic ring is 1. The maximum Gasteiger partial charge on any atom is 0.121 e. The summed E-state index contributed by atoms with van der Waals surface area (Å²) in [5, 5.41) is 6.76. The Morgan fingerprint density at radius 1 is 0.736 bits per heavy atom. The Kier molecular flexibility index (Phi) is 122. The first-order valence-electron chi connectivity index (χ1n) is 17.1. The van der Waals surface area contributed by atoms with Gasteiger partial charge in [0.05, 0.1) is 0 Å². The molecule has 2 N–H and O–H groups in total. The average Bonchev–Trinajstić information content (AvgIpc) is 3.89. The van der Waals surface area contributed by atoms with Gasteiger partial charge in [0.2, 0.25) is 0 Å². The van der Waals surface area contributed by atoms with Crippen LogP contribution in [0.4, 0.5) is 5.69 Å². The van der Waals surface area contributed by atoms with Crippen LogP contribution in [0.25, 0.3) is 5.41 Å². The molecule has 0 aromatic heterocycles. The van der Waals surface area contributed by atoms with Gasteiger partial charge in [0.1, 0.15) is -0.565 Å². The summed E-state index contributed by atoms with van der Waals surface area (Å²) in [6.45, 7) is 31.5. The van der Waals surface area contributed by atoms with Gasteiger partial charge in [-0.3, -0.25) is 9.22 Å². The minimum atomic E-state index is -0.0335. The molecule has 0 bridgehead atoms. The topological polar surface area (TPSA) is 82.5 Å². The van der Waals surface area contributed by atoms with Crippen LogP contribution in [0.5, 0.6) is 0 Å². The van der Waals surface area contributed by atoms with Crippen molar-refractivity contribution < 1.29 is 93.6 Å². The second-order valence-corrected chi connectivity index (χ2v) is 21.8. The number of carbonyl (C=O) groups is 1. The van der Waals surface area contributed by atoms with E-state index < -0.39 is 0 Å². The standard InChI is InChI=1S/C10H11O.C7H9N.2C5H6.C2H3I3.C2H4I.5C2H6.CNO.V.2Y/c1-8-3-5-10(6-4-8)7-9(2)11;1-6-2-4-7(8)5-3-6;2*1-2-4-5-3-1;1-2(3,4)5;1-2-3;5*1-2;2-1-3;;;/h3-6H,2,7H2,1H3;2-5H,8H2,1H3;2*1-4H,5H2;1H3;2H,1H3;5*1-2H3;;;;/q-1;;;;;-1;;;;;;-1;;;. The van der Waals surface area contributed by atoms with E-state index in [-0.39, 0.29) is 89.8 Å². The Hall–Kier alpha value is 1.83. The quantitative estimate of drug-likeness (QED) is 0.0812. The molecule has 0 fully saturated rings. The van der Waals surface area contributed by atoms with Crippen LogP contribution in [-0.4, -0.2) is 11.3 Å². The molecule has 2 aliphatic carbocycles. The number of nitrogens with two attached hydrogens (primary N) is 1. The normalized spacial score (nSPS) is 8.87. The molecule has 11 heteroatoms. The molecule has 2 aromatic carbocycles. The molecule has 4 rings (SSSR count). The number of aryl methyl sites for hydroxylation is 2. The van der Waals surface area contributed by atoms with E-state index in [1.807, 2.05) is 143 Å². The molecular formula is C42H69I4N2O2VY2-3. The second kappa shape index (κ2) is 78.2. The van der Waals surface area contributed by atoms with Crippen LogP contribution >= 0.6 is 90.4 Å². The Bertz CT molecular complexity index is 985. The van der Waals surface area contributed by atoms with Gasteiger partial charge in [0, 0.05) is 102 Å². The average molecular weight is 1370 g/mol. The number of Topliss-reactive ketones (excluding diaryl/α,β-unsaturated/α-hetero) is 1. The zero-order valence-electron chi connectivity index (χ0n) is 35.1.